The van der Waals surface area contributed by atoms with Gasteiger partial charge in [-0.3, -0.25) is 0 Å². The van der Waals surface area contributed by atoms with E-state index in [-0.39, 0.29) is 15.9 Å². The third-order valence-corrected chi connectivity index (χ3v) is 6.30. The van der Waals surface area contributed by atoms with Gasteiger partial charge in [0.15, 0.2) is 0 Å². The van der Waals surface area contributed by atoms with Gasteiger partial charge in [0.2, 0.25) is 9.84 Å². The number of nitrogens with zero attached hydrogens (tertiary/aromatic N) is 1. The van der Waals surface area contributed by atoms with Gasteiger partial charge in [-0.15, -0.1) is 0 Å². The number of benzene rings is 2. The Hall–Kier alpha value is -1.62. The molecule has 0 bridgehead atoms. The van der Waals surface area contributed by atoms with Gasteiger partial charge < -0.3 is 4.74 Å². The lowest BCUT2D eigenvalue weighted by atomic mass is 10.2. The molecule has 0 heterocycles. The zero-order valence-electron chi connectivity index (χ0n) is 13.5. The van der Waals surface area contributed by atoms with E-state index in [1.807, 2.05) is 13.8 Å². The summed E-state index contributed by atoms with van der Waals surface area (Å²) in [6.45, 7) is 3.75. The number of ether oxygens (including phenoxy) is 1. The summed E-state index contributed by atoms with van der Waals surface area (Å²) in [6, 6.07) is 13.6. The molecule has 130 valence electrons. The van der Waals surface area contributed by atoms with Crippen molar-refractivity contribution in [3.8, 4) is 11.8 Å². The molecule has 0 N–H and O–H groups in total. The summed E-state index contributed by atoms with van der Waals surface area (Å²) >= 11 is 6.49. The minimum absolute atomic E-state index is 0.0249. The summed E-state index contributed by atoms with van der Waals surface area (Å²) in [5.41, 5.74) is 0.530. The molecule has 25 heavy (non-hydrogen) atoms. The standard InChI is InChI=1S/C18H15Br2NO3S/c1-12(2)24-17-6-4-3-5-13(17)9-15(11-21)25(22,23)18-10-14(19)7-8-16(18)20/h3-10,12H,1-2H3/b15-9-. The van der Waals surface area contributed by atoms with Crippen LogP contribution in [0.25, 0.3) is 6.08 Å². The third kappa shape index (κ3) is 4.72. The fourth-order valence-electron chi connectivity index (χ4n) is 2.07. The van der Waals surface area contributed by atoms with E-state index in [4.69, 9.17) is 4.74 Å². The Balaban J connectivity index is 2.59. The van der Waals surface area contributed by atoms with Gasteiger partial charge >= 0.3 is 0 Å². The zero-order chi connectivity index (χ0) is 18.6. The lowest BCUT2D eigenvalue weighted by molar-refractivity contribution is 0.242. The summed E-state index contributed by atoms with van der Waals surface area (Å²) in [4.78, 5) is -0.331. The molecule has 0 aromatic heterocycles. The number of halogens is 2. The quantitative estimate of drug-likeness (QED) is 0.537. The number of sulfone groups is 1. The van der Waals surface area contributed by atoms with Crippen LogP contribution in [-0.2, 0) is 9.84 Å². The van der Waals surface area contributed by atoms with Crippen LogP contribution in [0.1, 0.15) is 19.4 Å². The van der Waals surface area contributed by atoms with E-state index in [1.165, 1.54) is 12.1 Å². The maximum Gasteiger partial charge on any atom is 0.217 e. The van der Waals surface area contributed by atoms with Crippen molar-refractivity contribution < 1.29 is 13.2 Å². The highest BCUT2D eigenvalue weighted by Crippen LogP contribution is 2.32. The molecule has 0 aliphatic carbocycles. The molecule has 2 aromatic rings. The number of rotatable bonds is 5. The van der Waals surface area contributed by atoms with Gasteiger partial charge in [0.1, 0.15) is 16.7 Å². The zero-order valence-corrected chi connectivity index (χ0v) is 17.5. The molecule has 0 atom stereocenters. The number of hydrogen-bond acceptors (Lipinski definition) is 4. The van der Waals surface area contributed by atoms with Gasteiger partial charge in [0.25, 0.3) is 0 Å². The number of para-hydroxylation sites is 1. The van der Waals surface area contributed by atoms with E-state index in [1.54, 1.807) is 42.5 Å². The topological polar surface area (TPSA) is 67.2 Å². The van der Waals surface area contributed by atoms with E-state index in [0.717, 1.165) is 0 Å². The predicted molar refractivity (Wildman–Crippen MR) is 105 cm³/mol. The lowest BCUT2D eigenvalue weighted by Crippen LogP contribution is -2.07. The minimum atomic E-state index is -3.98. The number of allylic oxidation sites excluding steroid dienone is 1. The Kier molecular flexibility index (Phi) is 6.44. The first-order valence-corrected chi connectivity index (χ1v) is 10.4. The van der Waals surface area contributed by atoms with Crippen molar-refractivity contribution >= 4 is 47.8 Å². The van der Waals surface area contributed by atoms with Crippen molar-refractivity contribution in [2.75, 3.05) is 0 Å². The number of nitriles is 1. The molecule has 0 aliphatic heterocycles. The SMILES string of the molecule is CC(C)Oc1ccccc1/C=C(/C#N)S(=O)(=O)c1cc(Br)ccc1Br. The van der Waals surface area contributed by atoms with E-state index in [9.17, 15) is 13.7 Å². The molecule has 0 unspecified atom stereocenters. The first-order valence-electron chi connectivity index (χ1n) is 7.33. The van der Waals surface area contributed by atoms with Crippen molar-refractivity contribution in [1.29, 1.82) is 5.26 Å². The molecular formula is C18H15Br2NO3S. The second kappa shape index (κ2) is 8.17. The summed E-state index contributed by atoms with van der Waals surface area (Å²) in [5.74, 6) is 0.522. The highest BCUT2D eigenvalue weighted by atomic mass is 79.9. The highest BCUT2D eigenvalue weighted by Gasteiger charge is 2.24. The van der Waals surface area contributed by atoms with Crippen molar-refractivity contribution in [2.24, 2.45) is 0 Å². The molecule has 2 rings (SSSR count). The Bertz CT molecular complexity index is 961. The molecule has 0 radical (unpaired) electrons. The van der Waals surface area contributed by atoms with Gasteiger partial charge in [-0.25, -0.2) is 8.42 Å². The molecule has 2 aromatic carbocycles. The maximum absolute atomic E-state index is 12.9. The smallest absolute Gasteiger partial charge is 0.217 e. The largest absolute Gasteiger partial charge is 0.490 e. The van der Waals surface area contributed by atoms with E-state index in [0.29, 0.717) is 20.3 Å². The second-order valence-corrected chi connectivity index (χ2v) is 9.06. The summed E-state index contributed by atoms with van der Waals surface area (Å²) in [7, 11) is -3.98. The third-order valence-electron chi connectivity index (χ3n) is 3.15. The fraction of sp³-hybridized carbons (Fsp3) is 0.167. The monoisotopic (exact) mass is 483 g/mol. The Labute approximate surface area is 164 Å². The Morgan fingerprint density at radius 2 is 1.88 bits per heavy atom. The van der Waals surface area contributed by atoms with Crippen LogP contribution >= 0.6 is 31.9 Å². The van der Waals surface area contributed by atoms with E-state index < -0.39 is 9.84 Å². The predicted octanol–water partition coefficient (Wildman–Crippen LogP) is 5.34. The molecule has 0 saturated heterocycles. The van der Waals surface area contributed by atoms with Crippen LogP contribution in [0.15, 0.2) is 61.2 Å². The van der Waals surface area contributed by atoms with E-state index >= 15 is 0 Å². The van der Waals surface area contributed by atoms with Crippen LogP contribution in [0.2, 0.25) is 0 Å². The van der Waals surface area contributed by atoms with Crippen LogP contribution in [0.3, 0.4) is 0 Å². The van der Waals surface area contributed by atoms with Crippen LogP contribution in [0.5, 0.6) is 5.75 Å². The summed E-state index contributed by atoms with van der Waals surface area (Å²) in [6.07, 6.45) is 1.26. The molecule has 4 nitrogen and oxygen atoms in total. The molecule has 7 heteroatoms. The normalized spacial score (nSPS) is 12.1. The van der Waals surface area contributed by atoms with Crippen molar-refractivity contribution in [3.05, 3.63) is 61.9 Å². The molecular weight excluding hydrogens is 470 g/mol. The van der Waals surface area contributed by atoms with Gasteiger partial charge in [-0.2, -0.15) is 5.26 Å². The van der Waals surface area contributed by atoms with Crippen molar-refractivity contribution in [3.63, 3.8) is 0 Å². The number of hydrogen-bond donors (Lipinski definition) is 0. The van der Waals surface area contributed by atoms with Crippen LogP contribution in [0, 0.1) is 11.3 Å². The molecule has 0 amide bonds. The second-order valence-electron chi connectivity index (χ2n) is 5.40. The maximum atomic E-state index is 12.9. The Morgan fingerprint density at radius 1 is 1.20 bits per heavy atom. The summed E-state index contributed by atoms with van der Waals surface area (Å²) < 4.78 is 32.5. The summed E-state index contributed by atoms with van der Waals surface area (Å²) in [5, 5.41) is 9.45. The first kappa shape index (κ1) is 19.7. The molecule has 0 spiro atoms. The molecule has 0 aliphatic rings. The van der Waals surface area contributed by atoms with Gasteiger partial charge in [0.05, 0.1) is 11.0 Å². The van der Waals surface area contributed by atoms with Crippen molar-refractivity contribution in [2.45, 2.75) is 24.8 Å². The van der Waals surface area contributed by atoms with Crippen LogP contribution in [0.4, 0.5) is 0 Å². The molecule has 0 saturated carbocycles. The molecule has 0 fully saturated rings. The average Bonchev–Trinajstić information content (AvgIpc) is 2.55. The fourth-order valence-corrected chi connectivity index (χ4v) is 4.72. The minimum Gasteiger partial charge on any atom is -0.490 e. The Morgan fingerprint density at radius 3 is 2.52 bits per heavy atom. The lowest BCUT2D eigenvalue weighted by Gasteiger charge is -2.12. The highest BCUT2D eigenvalue weighted by molar-refractivity contribution is 9.11. The average molecular weight is 485 g/mol. The first-order chi connectivity index (χ1) is 11.8. The van der Waals surface area contributed by atoms with Gasteiger partial charge in [-0.05, 0) is 60.1 Å². The van der Waals surface area contributed by atoms with Crippen LogP contribution in [-0.4, -0.2) is 14.5 Å². The van der Waals surface area contributed by atoms with Gasteiger partial charge in [-0.1, -0.05) is 34.1 Å². The van der Waals surface area contributed by atoms with Gasteiger partial charge in [0, 0.05) is 14.5 Å². The van der Waals surface area contributed by atoms with Crippen LogP contribution < -0.4 is 4.74 Å². The van der Waals surface area contributed by atoms with E-state index in [2.05, 4.69) is 31.9 Å². The van der Waals surface area contributed by atoms with Crippen molar-refractivity contribution in [1.82, 2.24) is 0 Å².